The molecule has 0 fully saturated rings. The van der Waals surface area contributed by atoms with Gasteiger partial charge < -0.3 is 6.92 Å². The van der Waals surface area contributed by atoms with Crippen LogP contribution in [0.3, 0.4) is 0 Å². The summed E-state index contributed by atoms with van der Waals surface area (Å²) in [6, 6.07) is 0. The summed E-state index contributed by atoms with van der Waals surface area (Å²) in [7, 11) is 0. The van der Waals surface area contributed by atoms with E-state index in [1.54, 1.807) is 0 Å². The second-order valence-electron chi connectivity index (χ2n) is 0.931. The first-order valence-corrected chi connectivity index (χ1v) is 1.82. The predicted molar refractivity (Wildman–Crippen MR) is 35.1 cm³/mol. The van der Waals surface area contributed by atoms with Gasteiger partial charge in [0, 0.05) is 19.5 Å². The van der Waals surface area contributed by atoms with Crippen molar-refractivity contribution < 1.29 is 19.5 Å². The van der Waals surface area contributed by atoms with E-state index >= 15 is 0 Å². The third-order valence-corrected chi connectivity index (χ3v) is 0.408. The topological polar surface area (TPSA) is 0 Å². The molecule has 0 spiro atoms. The van der Waals surface area contributed by atoms with Crippen molar-refractivity contribution in [1.82, 2.24) is 0 Å². The van der Waals surface area contributed by atoms with Gasteiger partial charge in [0.05, 0.1) is 0 Å². The fourth-order valence-corrected chi connectivity index (χ4v) is 0.144. The molecule has 0 rings (SSSR count). The summed E-state index contributed by atoms with van der Waals surface area (Å²) in [5.74, 6) is 0. The van der Waals surface area contributed by atoms with Gasteiger partial charge in [0.25, 0.3) is 0 Å². The van der Waals surface area contributed by atoms with Crippen molar-refractivity contribution in [3.8, 4) is 0 Å². The van der Waals surface area contributed by atoms with E-state index in [0.717, 1.165) is 12.8 Å². The maximum absolute atomic E-state index is 3.60. The molecule has 0 heterocycles. The average Bonchev–Trinajstić information content (AvgIpc) is 1.41. The van der Waals surface area contributed by atoms with Crippen LogP contribution >= 0.6 is 17.0 Å². The van der Waals surface area contributed by atoms with Crippen LogP contribution in [0.4, 0.5) is 0 Å². The summed E-state index contributed by atoms with van der Waals surface area (Å²) in [6.07, 6.45) is 3.89. The Morgan fingerprint density at radius 2 is 2.00 bits per heavy atom. The van der Waals surface area contributed by atoms with Crippen molar-refractivity contribution in [2.45, 2.75) is 12.8 Å². The van der Waals surface area contributed by atoms with Crippen LogP contribution in [0.25, 0.3) is 0 Å². The summed E-state index contributed by atoms with van der Waals surface area (Å²) in [6.45, 7) is 7.11. The molecule has 0 saturated heterocycles. The van der Waals surface area contributed by atoms with Gasteiger partial charge in [0.1, 0.15) is 0 Å². The average molecular weight is 215 g/mol. The van der Waals surface area contributed by atoms with Gasteiger partial charge in [-0.25, -0.2) is 0 Å². The molecule has 7 heavy (non-hydrogen) atoms. The van der Waals surface area contributed by atoms with Gasteiger partial charge in [-0.05, 0) is 0 Å². The van der Waals surface area contributed by atoms with E-state index in [0.29, 0.717) is 0 Å². The van der Waals surface area contributed by atoms with Crippen molar-refractivity contribution in [3.63, 3.8) is 0 Å². The maximum atomic E-state index is 3.60. The fourth-order valence-electron chi connectivity index (χ4n) is 0.144. The van der Waals surface area contributed by atoms with E-state index in [4.69, 9.17) is 0 Å². The van der Waals surface area contributed by atoms with Crippen molar-refractivity contribution in [2.75, 3.05) is 0 Å². The van der Waals surface area contributed by atoms with Gasteiger partial charge in [-0.3, -0.25) is 0 Å². The Balaban J connectivity index is -0.0000000800. The van der Waals surface area contributed by atoms with Crippen molar-refractivity contribution >= 4 is 17.0 Å². The van der Waals surface area contributed by atoms with Gasteiger partial charge in [-0.15, -0.1) is 23.6 Å². The van der Waals surface area contributed by atoms with Gasteiger partial charge in [0.2, 0.25) is 0 Å². The Morgan fingerprint density at radius 3 is 2.00 bits per heavy atom. The Labute approximate surface area is 68.9 Å². The second-order valence-corrected chi connectivity index (χ2v) is 0.931. The van der Waals surface area contributed by atoms with Gasteiger partial charge in [-0.1, -0.05) is 12.5 Å². The number of hydrogen-bond acceptors (Lipinski definition) is 0. The van der Waals surface area contributed by atoms with Crippen LogP contribution in [0.1, 0.15) is 12.8 Å². The minimum atomic E-state index is 0. The zero-order valence-electron chi connectivity index (χ0n) is 4.52. The van der Waals surface area contributed by atoms with Crippen LogP contribution in [-0.2, 0) is 19.5 Å². The molecule has 0 nitrogen and oxygen atoms in total. The molecule has 0 aromatic heterocycles. The quantitative estimate of drug-likeness (QED) is 0.377. The monoisotopic (exact) mass is 213 g/mol. The van der Waals surface area contributed by atoms with E-state index in [1.165, 1.54) is 0 Å². The minimum Gasteiger partial charge on any atom is -0.343 e. The van der Waals surface area contributed by atoms with Gasteiger partial charge in [-0.2, -0.15) is 6.42 Å². The minimum absolute atomic E-state index is 0. The molecule has 2 heteroatoms. The fraction of sp³-hybridized carbons (Fsp3) is 0.400. The second kappa shape index (κ2) is 15.8. The molecule has 0 amide bonds. The van der Waals surface area contributed by atoms with Gasteiger partial charge in [0.15, 0.2) is 0 Å². The normalized spacial score (nSPS) is 5.29. The molecule has 0 aliphatic rings. The van der Waals surface area contributed by atoms with Crippen LogP contribution in [-0.4, -0.2) is 0 Å². The van der Waals surface area contributed by atoms with Crippen molar-refractivity contribution in [1.29, 1.82) is 0 Å². The molecule has 0 aromatic rings. The molecule has 0 aliphatic heterocycles. The molecule has 0 unspecified atom stereocenters. The van der Waals surface area contributed by atoms with E-state index in [1.807, 2.05) is 6.08 Å². The smallest absolute Gasteiger partial charge is 0 e. The number of hydrogen-bond donors (Lipinski definition) is 0. The van der Waals surface area contributed by atoms with Gasteiger partial charge >= 0.3 is 0 Å². The first kappa shape index (κ1) is 15.7. The third kappa shape index (κ3) is 19.9. The van der Waals surface area contributed by atoms with Crippen molar-refractivity contribution in [2.24, 2.45) is 0 Å². The summed E-state index contributed by atoms with van der Waals surface area (Å²) in [5, 5.41) is 0. The largest absolute Gasteiger partial charge is 0.343 e. The summed E-state index contributed by atoms with van der Waals surface area (Å²) < 4.78 is 0. The van der Waals surface area contributed by atoms with Crippen LogP contribution in [0.15, 0.2) is 12.7 Å². The third-order valence-electron chi connectivity index (χ3n) is 0.408. The number of allylic oxidation sites excluding steroid dienone is 1. The van der Waals surface area contributed by atoms with Crippen LogP contribution in [0, 0.1) is 6.92 Å². The number of rotatable bonds is 2. The van der Waals surface area contributed by atoms with Crippen molar-refractivity contribution in [3.05, 3.63) is 19.6 Å². The molecular formula is C5H10BrZn-. The zero-order valence-corrected chi connectivity index (χ0v) is 9.20. The van der Waals surface area contributed by atoms with E-state index in [-0.39, 0.29) is 36.5 Å². The molecular weight excluding hydrogens is 205 g/mol. The first-order valence-electron chi connectivity index (χ1n) is 1.82. The predicted octanol–water partition coefficient (Wildman–Crippen LogP) is 2.36. The zero-order chi connectivity index (χ0) is 4.12. The molecule has 0 aliphatic carbocycles. The maximum Gasteiger partial charge on any atom is 0 e. The Hall–Kier alpha value is 0.843. The molecule has 0 aromatic carbocycles. The molecule has 0 bridgehead atoms. The Bertz CT molecular complexity index is 29.3. The number of unbranched alkanes of at least 4 members (excludes halogenated alkanes) is 1. The SMILES string of the molecule is Br.C=CCC[CH2-].[Zn]. The molecule has 0 saturated carbocycles. The van der Waals surface area contributed by atoms with Crippen LogP contribution in [0.2, 0.25) is 0 Å². The standard InChI is InChI=1S/C5H9.BrH.Zn/c1-3-5-4-2;;/h3H,1-2,4-5H2;1H;/q-1;;. The first-order chi connectivity index (χ1) is 2.41. The van der Waals surface area contributed by atoms with Crippen LogP contribution in [0.5, 0.6) is 0 Å². The summed E-state index contributed by atoms with van der Waals surface area (Å²) in [4.78, 5) is 0. The van der Waals surface area contributed by atoms with E-state index in [9.17, 15) is 0 Å². The molecule has 0 atom stereocenters. The summed E-state index contributed by atoms with van der Waals surface area (Å²) in [5.41, 5.74) is 0. The Morgan fingerprint density at radius 1 is 1.57 bits per heavy atom. The molecule has 0 N–H and O–H groups in total. The number of halogens is 1. The molecule has 40 valence electrons. The summed E-state index contributed by atoms with van der Waals surface area (Å²) >= 11 is 0. The molecule has 0 radical (unpaired) electrons. The van der Waals surface area contributed by atoms with Crippen LogP contribution < -0.4 is 0 Å². The Kier molecular flexibility index (Phi) is 35.4. The van der Waals surface area contributed by atoms with E-state index in [2.05, 4.69) is 13.5 Å². The van der Waals surface area contributed by atoms with E-state index < -0.39 is 0 Å².